The van der Waals surface area contributed by atoms with Crippen LogP contribution in [0.25, 0.3) is 130 Å². The molecule has 3 heterocycles. The van der Waals surface area contributed by atoms with Gasteiger partial charge in [0.05, 0.1) is 0 Å². The minimum atomic E-state index is 1.12. The third kappa shape index (κ3) is 9.84. The molecule has 15 rings (SSSR count). The summed E-state index contributed by atoms with van der Waals surface area (Å²) in [7, 11) is 0. The molecule has 0 spiro atoms. The summed E-state index contributed by atoms with van der Waals surface area (Å²) in [4.78, 5) is 2.48. The van der Waals surface area contributed by atoms with Crippen molar-refractivity contribution in [2.45, 2.75) is 0 Å². The summed E-state index contributed by atoms with van der Waals surface area (Å²) in [5.41, 5.74) is 17.7. The summed E-state index contributed by atoms with van der Waals surface area (Å²) < 4.78 is 7.67. The lowest BCUT2D eigenvalue weighted by Gasteiger charge is -2.26. The van der Waals surface area contributed by atoms with E-state index >= 15 is 0 Å². The van der Waals surface area contributed by atoms with E-state index in [1.54, 1.807) is 0 Å². The second kappa shape index (κ2) is 21.4. The van der Waals surface area contributed by atoms with Crippen molar-refractivity contribution < 1.29 is 0 Å². The fraction of sp³-hybridized carbons (Fsp3) is 0. The van der Waals surface area contributed by atoms with Crippen LogP contribution in [-0.4, -0.2) is 0 Å². The predicted molar refractivity (Wildman–Crippen MR) is 362 cm³/mol. The van der Waals surface area contributed by atoms with E-state index in [9.17, 15) is 0 Å². The molecule has 0 bridgehead atoms. The summed E-state index contributed by atoms with van der Waals surface area (Å²) in [5, 5.41) is 7.58. The summed E-state index contributed by atoms with van der Waals surface area (Å²) in [5.74, 6) is 0. The Labute approximate surface area is 489 Å². The van der Waals surface area contributed by atoms with Gasteiger partial charge in [0, 0.05) is 77.6 Å². The van der Waals surface area contributed by atoms with Gasteiger partial charge in [0.25, 0.3) is 0 Å². The molecule has 0 saturated carbocycles. The second-order valence-corrected chi connectivity index (χ2v) is 24.2. The fourth-order valence-corrected chi connectivity index (χ4v) is 14.5. The van der Waals surface area contributed by atoms with Gasteiger partial charge in [-0.1, -0.05) is 218 Å². The Balaban J connectivity index is 0.823. The van der Waals surface area contributed by atoms with Crippen LogP contribution in [0.1, 0.15) is 33.4 Å². The van der Waals surface area contributed by atoms with Crippen molar-refractivity contribution in [2.75, 3.05) is 4.90 Å². The Hall–Kier alpha value is -9.68. The van der Waals surface area contributed by atoms with E-state index in [1.807, 2.05) is 34.0 Å². The minimum Gasteiger partial charge on any atom is -0.310 e. The molecular weight excluding hydrogens is 1050 g/mol. The molecule has 3 aromatic heterocycles. The number of hydrogen-bond donors (Lipinski definition) is 0. The molecule has 0 atom stereocenters. The van der Waals surface area contributed by atoms with Crippen LogP contribution >= 0.6 is 34.0 Å². The Kier molecular flexibility index (Phi) is 12.9. The number of anilines is 3. The molecule has 0 aliphatic heterocycles. The largest absolute Gasteiger partial charge is 0.310 e. The average molecular weight is 1100 g/mol. The first-order valence-electron chi connectivity index (χ1n) is 27.8. The number of nitrogens with zero attached hydrogens (tertiary/aromatic N) is 1. The third-order valence-electron chi connectivity index (χ3n) is 15.7. The van der Waals surface area contributed by atoms with E-state index in [-0.39, 0.29) is 0 Å². The summed E-state index contributed by atoms with van der Waals surface area (Å²) in [6.07, 6.45) is 13.1. The average Bonchev–Trinajstić information content (AvgIpc) is 4.35. The molecule has 82 heavy (non-hydrogen) atoms. The van der Waals surface area contributed by atoms with Crippen molar-refractivity contribution in [3.8, 4) is 33.4 Å². The van der Waals surface area contributed by atoms with Crippen molar-refractivity contribution in [3.63, 3.8) is 0 Å². The van der Waals surface area contributed by atoms with Gasteiger partial charge in [-0.2, -0.15) is 0 Å². The van der Waals surface area contributed by atoms with Gasteiger partial charge in [0.2, 0.25) is 0 Å². The molecule has 0 unspecified atom stereocenters. The van der Waals surface area contributed by atoms with E-state index in [2.05, 4.69) is 314 Å². The van der Waals surface area contributed by atoms with Crippen LogP contribution in [0.4, 0.5) is 17.1 Å². The zero-order chi connectivity index (χ0) is 54.3. The standard InChI is InChI=1S/C78H51NS3/c1-4-10-52(11-5-1)16-19-55-22-28-58(29-23-55)61-34-40-73-67(46-61)70-49-64(37-43-76(70)80-73)79(65-38-44-77-71(50-65)68-47-62(35-41-74(68)81-77)59-30-24-56(25-31-59)20-17-53-12-6-2-7-13-53)66-39-45-78-72(51-66)69-48-63(36-42-75(69)82-78)60-32-26-57(27-33-60)21-18-54-14-8-3-9-15-54/h1-51H/b19-16+,20-17+,21-18?. The molecule has 386 valence electrons. The van der Waals surface area contributed by atoms with Gasteiger partial charge < -0.3 is 4.90 Å². The van der Waals surface area contributed by atoms with Crippen molar-refractivity contribution in [1.29, 1.82) is 0 Å². The van der Waals surface area contributed by atoms with E-state index in [1.165, 1.54) is 127 Å². The van der Waals surface area contributed by atoms with Crippen LogP contribution in [0.2, 0.25) is 0 Å². The first-order chi connectivity index (χ1) is 40.5. The lowest BCUT2D eigenvalue weighted by molar-refractivity contribution is 1.30. The molecule has 1 nitrogen and oxygen atoms in total. The Morgan fingerprint density at radius 1 is 0.195 bits per heavy atom. The highest BCUT2D eigenvalue weighted by Crippen LogP contribution is 2.47. The van der Waals surface area contributed by atoms with E-state index in [0.29, 0.717) is 0 Å². The Morgan fingerprint density at radius 3 is 0.683 bits per heavy atom. The van der Waals surface area contributed by atoms with E-state index in [0.717, 1.165) is 17.1 Å². The highest BCUT2D eigenvalue weighted by atomic mass is 32.1. The van der Waals surface area contributed by atoms with Gasteiger partial charge in [0.1, 0.15) is 0 Å². The summed E-state index contributed by atoms with van der Waals surface area (Å²) >= 11 is 5.59. The lowest BCUT2D eigenvalue weighted by Crippen LogP contribution is -2.09. The maximum Gasteiger partial charge on any atom is 0.0468 e. The van der Waals surface area contributed by atoms with E-state index in [4.69, 9.17) is 0 Å². The fourth-order valence-electron chi connectivity index (χ4n) is 11.3. The van der Waals surface area contributed by atoms with Crippen molar-refractivity contribution in [1.82, 2.24) is 0 Å². The molecule has 12 aromatic carbocycles. The summed E-state index contributed by atoms with van der Waals surface area (Å²) in [6.45, 7) is 0. The van der Waals surface area contributed by atoms with Crippen LogP contribution in [0.5, 0.6) is 0 Å². The summed E-state index contributed by atoms with van der Waals surface area (Å²) in [6, 6.07) is 100. The van der Waals surface area contributed by atoms with Crippen LogP contribution < -0.4 is 4.90 Å². The van der Waals surface area contributed by atoms with Crippen molar-refractivity contribution in [2.24, 2.45) is 0 Å². The minimum absolute atomic E-state index is 1.12. The topological polar surface area (TPSA) is 3.24 Å². The maximum atomic E-state index is 2.48. The SMILES string of the molecule is C(=Cc1ccc(-c2ccc3sc4ccc(N(c5ccc6sc7ccc(-c8ccc(/C=C/c9ccccc9)cc8)cc7c6c5)c5ccc6sc7ccc(-c8ccc(/C=C/c9ccccc9)cc8)cc7c6c5)cc4c3c2)cc1)c1ccccc1. The normalized spacial score (nSPS) is 12.0. The van der Waals surface area contributed by atoms with Gasteiger partial charge in [-0.05, 0) is 158 Å². The molecule has 4 heteroatoms. The molecule has 0 fully saturated rings. The Bertz CT molecular complexity index is 4430. The number of thiophene rings is 3. The second-order valence-electron chi connectivity index (χ2n) is 20.9. The smallest absolute Gasteiger partial charge is 0.0468 e. The molecule has 0 N–H and O–H groups in total. The van der Waals surface area contributed by atoms with Gasteiger partial charge in [-0.15, -0.1) is 34.0 Å². The van der Waals surface area contributed by atoms with Gasteiger partial charge in [-0.3, -0.25) is 0 Å². The first kappa shape index (κ1) is 49.4. The lowest BCUT2D eigenvalue weighted by atomic mass is 10.0. The molecule has 0 amide bonds. The van der Waals surface area contributed by atoms with Crippen LogP contribution in [0, 0.1) is 0 Å². The maximum absolute atomic E-state index is 2.48. The highest BCUT2D eigenvalue weighted by Gasteiger charge is 2.20. The zero-order valence-corrected chi connectivity index (χ0v) is 47.1. The number of hydrogen-bond acceptors (Lipinski definition) is 4. The Morgan fingerprint density at radius 2 is 0.415 bits per heavy atom. The van der Waals surface area contributed by atoms with Crippen LogP contribution in [-0.2, 0) is 0 Å². The zero-order valence-electron chi connectivity index (χ0n) is 44.6. The highest BCUT2D eigenvalue weighted by molar-refractivity contribution is 7.26. The molecule has 15 aromatic rings. The monoisotopic (exact) mass is 1100 g/mol. The van der Waals surface area contributed by atoms with Gasteiger partial charge in [-0.25, -0.2) is 0 Å². The predicted octanol–water partition coefficient (Wildman–Crippen LogP) is 23.8. The van der Waals surface area contributed by atoms with Gasteiger partial charge >= 0.3 is 0 Å². The van der Waals surface area contributed by atoms with Crippen molar-refractivity contribution >= 4 is 148 Å². The molecule has 0 saturated heterocycles. The van der Waals surface area contributed by atoms with Crippen LogP contribution in [0.15, 0.2) is 273 Å². The quantitative estimate of drug-likeness (QED) is 0.110. The van der Waals surface area contributed by atoms with E-state index < -0.39 is 0 Å². The van der Waals surface area contributed by atoms with Crippen LogP contribution in [0.3, 0.4) is 0 Å². The molecule has 0 radical (unpaired) electrons. The number of rotatable bonds is 12. The first-order valence-corrected chi connectivity index (χ1v) is 30.2. The number of fused-ring (bicyclic) bond motifs is 9. The van der Waals surface area contributed by atoms with Crippen molar-refractivity contribution in [3.05, 3.63) is 306 Å². The number of benzene rings is 12. The molecular formula is C78H51NS3. The molecule has 0 aliphatic rings. The van der Waals surface area contributed by atoms with Gasteiger partial charge in [0.15, 0.2) is 0 Å². The third-order valence-corrected chi connectivity index (χ3v) is 19.1. The molecule has 0 aliphatic carbocycles.